The molecule has 142 valence electrons. The van der Waals surface area contributed by atoms with Crippen LogP contribution in [0.15, 0.2) is 59.7 Å². The van der Waals surface area contributed by atoms with E-state index >= 15 is 0 Å². The van der Waals surface area contributed by atoms with E-state index in [4.69, 9.17) is 4.74 Å². The van der Waals surface area contributed by atoms with Gasteiger partial charge in [0.2, 0.25) is 0 Å². The van der Waals surface area contributed by atoms with Gasteiger partial charge >= 0.3 is 161 Å². The van der Waals surface area contributed by atoms with Crippen LogP contribution in [0.4, 0.5) is 13.2 Å². The number of rotatable bonds is 4. The van der Waals surface area contributed by atoms with Crippen LogP contribution < -0.4 is 4.46 Å². The first kappa shape index (κ1) is 19.5. The fraction of sp³-hybridized carbons (Fsp3) is 0.263. The molecule has 0 radical (unpaired) electrons. The van der Waals surface area contributed by atoms with Gasteiger partial charge in [-0.3, -0.25) is 0 Å². The molecule has 0 aliphatic carbocycles. The van der Waals surface area contributed by atoms with Crippen LogP contribution in [-0.4, -0.2) is 38.0 Å². The van der Waals surface area contributed by atoms with Crippen molar-refractivity contribution >= 4 is 31.2 Å². The van der Waals surface area contributed by atoms with E-state index in [1.807, 2.05) is 37.3 Å². The van der Waals surface area contributed by atoms with Gasteiger partial charge in [0.25, 0.3) is 0 Å². The zero-order valence-electron chi connectivity index (χ0n) is 14.6. The molecular weight excluding hydrogens is 424 g/mol. The number of amides is 1. The quantitative estimate of drug-likeness (QED) is 0.683. The number of carbonyl (C=O) groups excluding carboxylic acids is 1. The van der Waals surface area contributed by atoms with E-state index in [0.717, 1.165) is 16.6 Å². The van der Waals surface area contributed by atoms with Crippen LogP contribution >= 0.6 is 0 Å². The molecule has 0 spiro atoms. The minimum atomic E-state index is -4.46. The maximum absolute atomic E-state index is 13.0. The second kappa shape index (κ2) is 7.74. The monoisotopic (exact) mass is 442 g/mol. The summed E-state index contributed by atoms with van der Waals surface area (Å²) in [7, 11) is 0. The molecule has 27 heavy (non-hydrogen) atoms. The van der Waals surface area contributed by atoms with Gasteiger partial charge in [-0.2, -0.15) is 0 Å². The molecular formula is C19H17F3N2O2Se. The normalized spacial score (nSPS) is 18.0. The summed E-state index contributed by atoms with van der Waals surface area (Å²) in [5.41, 5.74) is -0.594. The first-order valence-electron chi connectivity index (χ1n) is 8.20. The Labute approximate surface area is 161 Å². The van der Waals surface area contributed by atoms with Crippen molar-refractivity contribution in [2.75, 3.05) is 0 Å². The average Bonchev–Trinajstić information content (AvgIpc) is 3.08. The number of halogens is 3. The molecule has 0 bridgehead atoms. The molecule has 4 nitrogen and oxygen atoms in total. The number of hydrazone groups is 1. The fourth-order valence-corrected chi connectivity index (χ4v) is 4.78. The summed E-state index contributed by atoms with van der Waals surface area (Å²) < 4.78 is 45.9. The van der Waals surface area contributed by atoms with Crippen molar-refractivity contribution in [3.63, 3.8) is 0 Å². The van der Waals surface area contributed by atoms with Crippen molar-refractivity contribution in [1.29, 1.82) is 0 Å². The summed E-state index contributed by atoms with van der Waals surface area (Å²) in [6, 6.07) is 14.5. The van der Waals surface area contributed by atoms with Gasteiger partial charge in [-0.1, -0.05) is 0 Å². The van der Waals surface area contributed by atoms with Crippen molar-refractivity contribution < 1.29 is 22.7 Å². The third-order valence-corrected chi connectivity index (χ3v) is 6.31. The maximum atomic E-state index is 13.0. The molecule has 0 N–H and O–H groups in total. The van der Waals surface area contributed by atoms with Gasteiger partial charge in [0.05, 0.1) is 0 Å². The van der Waals surface area contributed by atoms with E-state index in [-0.39, 0.29) is 37.1 Å². The SMILES string of the molecule is CC(=O)N1N=C(c2cccc(C(F)(F)F)c2)OC1C(C)[Se]c1ccccc1. The molecule has 1 aliphatic rings. The Morgan fingerprint density at radius 1 is 1.19 bits per heavy atom. The molecule has 2 unspecified atom stereocenters. The minimum absolute atomic E-state index is 0.00157. The van der Waals surface area contributed by atoms with Crippen LogP contribution in [0.2, 0.25) is 4.82 Å². The van der Waals surface area contributed by atoms with Gasteiger partial charge in [-0.15, -0.1) is 0 Å². The predicted octanol–water partition coefficient (Wildman–Crippen LogP) is 3.41. The topological polar surface area (TPSA) is 41.9 Å². The van der Waals surface area contributed by atoms with Crippen LogP contribution in [0.3, 0.4) is 0 Å². The van der Waals surface area contributed by atoms with Crippen molar-refractivity contribution in [2.45, 2.75) is 31.1 Å². The Hall–Kier alpha value is -2.31. The Balaban J connectivity index is 1.83. The van der Waals surface area contributed by atoms with Gasteiger partial charge in [-0.25, -0.2) is 0 Å². The van der Waals surface area contributed by atoms with E-state index < -0.39 is 18.0 Å². The number of nitrogens with zero attached hydrogens (tertiary/aromatic N) is 2. The van der Waals surface area contributed by atoms with Crippen LogP contribution in [0.5, 0.6) is 0 Å². The van der Waals surface area contributed by atoms with Crippen molar-refractivity contribution in [1.82, 2.24) is 5.01 Å². The summed E-state index contributed by atoms with van der Waals surface area (Å²) in [4.78, 5) is 11.9. The second-order valence-corrected chi connectivity index (χ2v) is 9.04. The molecule has 2 aromatic rings. The molecule has 0 saturated heterocycles. The molecule has 1 aliphatic heterocycles. The van der Waals surface area contributed by atoms with Crippen molar-refractivity contribution in [3.8, 4) is 0 Å². The van der Waals surface area contributed by atoms with Gasteiger partial charge < -0.3 is 0 Å². The zero-order chi connectivity index (χ0) is 19.6. The van der Waals surface area contributed by atoms with Crippen LogP contribution in [0, 0.1) is 0 Å². The number of hydrogen-bond acceptors (Lipinski definition) is 3. The third kappa shape index (κ3) is 4.51. The summed E-state index contributed by atoms with van der Waals surface area (Å²) in [6.07, 6.45) is -5.11. The van der Waals surface area contributed by atoms with Crippen LogP contribution in [0.1, 0.15) is 25.0 Å². The Bertz CT molecular complexity index is 856. The first-order chi connectivity index (χ1) is 12.8. The van der Waals surface area contributed by atoms with Gasteiger partial charge in [0, 0.05) is 0 Å². The zero-order valence-corrected chi connectivity index (χ0v) is 16.3. The summed E-state index contributed by atoms with van der Waals surface area (Å²) in [6.45, 7) is 3.30. The van der Waals surface area contributed by atoms with Crippen LogP contribution in [0.25, 0.3) is 0 Å². The number of carbonyl (C=O) groups is 1. The molecule has 3 rings (SSSR count). The summed E-state index contributed by atoms with van der Waals surface area (Å²) in [5.74, 6) is -0.297. The molecule has 0 aromatic heterocycles. The fourth-order valence-electron chi connectivity index (χ4n) is 2.61. The van der Waals surface area contributed by atoms with Crippen LogP contribution in [-0.2, 0) is 15.7 Å². The van der Waals surface area contributed by atoms with Gasteiger partial charge in [0.1, 0.15) is 0 Å². The average molecular weight is 441 g/mol. The molecule has 2 aromatic carbocycles. The van der Waals surface area contributed by atoms with E-state index in [0.29, 0.717) is 0 Å². The Morgan fingerprint density at radius 2 is 1.89 bits per heavy atom. The summed E-state index contributed by atoms with van der Waals surface area (Å²) in [5, 5.41) is 5.36. The van der Waals surface area contributed by atoms with Gasteiger partial charge in [0.15, 0.2) is 0 Å². The van der Waals surface area contributed by atoms with E-state index in [2.05, 4.69) is 5.10 Å². The molecule has 0 saturated carbocycles. The van der Waals surface area contributed by atoms with E-state index in [9.17, 15) is 18.0 Å². The van der Waals surface area contributed by atoms with Crippen molar-refractivity contribution in [3.05, 3.63) is 65.7 Å². The molecule has 1 amide bonds. The van der Waals surface area contributed by atoms with Crippen molar-refractivity contribution in [2.24, 2.45) is 5.10 Å². The number of alkyl halides is 3. The summed E-state index contributed by atoms with van der Waals surface area (Å²) >= 11 is -0.00157. The molecule has 0 fully saturated rings. The molecule has 2 atom stereocenters. The number of hydrogen-bond donors (Lipinski definition) is 0. The van der Waals surface area contributed by atoms with E-state index in [1.165, 1.54) is 24.1 Å². The number of ether oxygens (including phenoxy) is 1. The Morgan fingerprint density at radius 3 is 2.52 bits per heavy atom. The second-order valence-electron chi connectivity index (χ2n) is 5.99. The predicted molar refractivity (Wildman–Crippen MR) is 96.6 cm³/mol. The third-order valence-electron chi connectivity index (χ3n) is 3.90. The van der Waals surface area contributed by atoms with Gasteiger partial charge in [-0.05, 0) is 0 Å². The Kier molecular flexibility index (Phi) is 5.58. The standard InChI is InChI=1S/C19H17F3N2O2Se/c1-12(27-16-9-4-3-5-10-16)18-24(13(2)25)23-17(26-18)14-7-6-8-15(11-14)19(20,21)22/h3-12,18H,1-2H3. The molecule has 1 heterocycles. The number of benzene rings is 2. The molecule has 8 heteroatoms. The first-order valence-corrected chi connectivity index (χ1v) is 10.0. The van der Waals surface area contributed by atoms with E-state index in [1.54, 1.807) is 0 Å².